The van der Waals surface area contributed by atoms with Crippen molar-refractivity contribution in [2.75, 3.05) is 20.6 Å². The minimum absolute atomic E-state index is 0.00182. The van der Waals surface area contributed by atoms with Crippen LogP contribution in [0.5, 0.6) is 0 Å². The van der Waals surface area contributed by atoms with E-state index in [-0.39, 0.29) is 18.5 Å². The van der Waals surface area contributed by atoms with Crippen LogP contribution in [0.1, 0.15) is 18.5 Å². The predicted molar refractivity (Wildman–Crippen MR) is 76.6 cm³/mol. The summed E-state index contributed by atoms with van der Waals surface area (Å²) in [6.45, 7) is 2.15. The van der Waals surface area contributed by atoms with Gasteiger partial charge in [-0.05, 0) is 18.6 Å². The SMILES string of the molecule is CC(NCC(=O)N(C)C)c1ccc(Cl)c(Cl)c1Cl. The molecule has 0 aromatic heterocycles. The third kappa shape index (κ3) is 3.75. The molecule has 0 aliphatic carbocycles. The van der Waals surface area contributed by atoms with Gasteiger partial charge in [-0.3, -0.25) is 4.79 Å². The molecule has 0 fully saturated rings. The Hall–Kier alpha value is -0.480. The number of carbonyl (C=O) groups is 1. The van der Waals surface area contributed by atoms with E-state index in [1.165, 1.54) is 4.90 Å². The lowest BCUT2D eigenvalue weighted by Crippen LogP contribution is -2.34. The van der Waals surface area contributed by atoms with Crippen LogP contribution in [0.15, 0.2) is 12.1 Å². The Bertz CT molecular complexity index is 449. The molecular weight excluding hydrogens is 295 g/mol. The van der Waals surface area contributed by atoms with E-state index in [1.54, 1.807) is 26.2 Å². The second-order valence-electron chi connectivity index (χ2n) is 4.16. The Morgan fingerprint density at radius 3 is 2.44 bits per heavy atom. The van der Waals surface area contributed by atoms with Crippen LogP contribution in [-0.2, 0) is 4.79 Å². The number of benzene rings is 1. The molecule has 1 amide bonds. The smallest absolute Gasteiger partial charge is 0.236 e. The van der Waals surface area contributed by atoms with Crippen LogP contribution in [0.25, 0.3) is 0 Å². The fraction of sp³-hybridized carbons (Fsp3) is 0.417. The number of nitrogens with one attached hydrogen (secondary N) is 1. The number of likely N-dealkylation sites (N-methyl/N-ethyl adjacent to an activating group) is 1. The molecule has 0 aliphatic heterocycles. The van der Waals surface area contributed by atoms with Crippen molar-refractivity contribution in [2.45, 2.75) is 13.0 Å². The maximum atomic E-state index is 11.5. The molecule has 1 unspecified atom stereocenters. The molecule has 1 atom stereocenters. The highest BCUT2D eigenvalue weighted by Gasteiger charge is 2.15. The molecule has 0 saturated carbocycles. The Kier molecular flexibility index (Phi) is 5.73. The molecular formula is C12H15Cl3N2O. The highest BCUT2D eigenvalue weighted by molar-refractivity contribution is 6.48. The number of halogens is 3. The van der Waals surface area contributed by atoms with Gasteiger partial charge in [0.2, 0.25) is 5.91 Å². The van der Waals surface area contributed by atoms with E-state index in [2.05, 4.69) is 5.32 Å². The third-order valence-corrected chi connectivity index (χ3v) is 3.90. The fourth-order valence-electron chi connectivity index (χ4n) is 1.38. The number of hydrogen-bond donors (Lipinski definition) is 1. The first kappa shape index (κ1) is 15.6. The minimum Gasteiger partial charge on any atom is -0.348 e. The van der Waals surface area contributed by atoms with Crippen LogP contribution >= 0.6 is 34.8 Å². The number of amides is 1. The topological polar surface area (TPSA) is 32.3 Å². The Labute approximate surface area is 122 Å². The zero-order valence-electron chi connectivity index (χ0n) is 10.4. The Balaban J connectivity index is 2.76. The van der Waals surface area contributed by atoms with Gasteiger partial charge in [-0.1, -0.05) is 40.9 Å². The third-order valence-electron chi connectivity index (χ3n) is 2.59. The minimum atomic E-state index is -0.0869. The lowest BCUT2D eigenvalue weighted by molar-refractivity contribution is -0.127. The van der Waals surface area contributed by atoms with Gasteiger partial charge in [-0.2, -0.15) is 0 Å². The highest BCUT2D eigenvalue weighted by atomic mass is 35.5. The number of carbonyl (C=O) groups excluding carboxylic acids is 1. The largest absolute Gasteiger partial charge is 0.348 e. The van der Waals surface area contributed by atoms with Crippen LogP contribution in [-0.4, -0.2) is 31.4 Å². The molecule has 1 aromatic rings. The second kappa shape index (κ2) is 6.62. The quantitative estimate of drug-likeness (QED) is 0.865. The van der Waals surface area contributed by atoms with E-state index < -0.39 is 0 Å². The van der Waals surface area contributed by atoms with Crippen LogP contribution in [0.4, 0.5) is 0 Å². The van der Waals surface area contributed by atoms with Gasteiger partial charge in [-0.15, -0.1) is 0 Å². The lowest BCUT2D eigenvalue weighted by atomic mass is 10.1. The van der Waals surface area contributed by atoms with Gasteiger partial charge in [-0.25, -0.2) is 0 Å². The van der Waals surface area contributed by atoms with Gasteiger partial charge in [0.15, 0.2) is 0 Å². The van der Waals surface area contributed by atoms with Crippen LogP contribution in [0.3, 0.4) is 0 Å². The van der Waals surface area contributed by atoms with Crippen molar-refractivity contribution >= 4 is 40.7 Å². The summed E-state index contributed by atoms with van der Waals surface area (Å²) < 4.78 is 0. The van der Waals surface area contributed by atoms with E-state index >= 15 is 0 Å². The lowest BCUT2D eigenvalue weighted by Gasteiger charge is -2.18. The molecule has 1 rings (SSSR count). The number of rotatable bonds is 4. The Morgan fingerprint density at radius 1 is 1.28 bits per heavy atom. The van der Waals surface area contributed by atoms with Crippen molar-refractivity contribution in [3.63, 3.8) is 0 Å². The summed E-state index contributed by atoms with van der Waals surface area (Å²) in [4.78, 5) is 13.0. The first-order valence-electron chi connectivity index (χ1n) is 5.41. The summed E-state index contributed by atoms with van der Waals surface area (Å²) in [5.74, 6) is -0.00182. The van der Waals surface area contributed by atoms with Gasteiger partial charge < -0.3 is 10.2 Å². The molecule has 3 nitrogen and oxygen atoms in total. The van der Waals surface area contributed by atoms with Crippen molar-refractivity contribution in [3.8, 4) is 0 Å². The van der Waals surface area contributed by atoms with Crippen molar-refractivity contribution in [2.24, 2.45) is 0 Å². The van der Waals surface area contributed by atoms with Gasteiger partial charge in [0.05, 0.1) is 21.6 Å². The fourth-order valence-corrected chi connectivity index (χ4v) is 2.09. The molecule has 0 aliphatic rings. The molecule has 100 valence electrons. The molecule has 0 heterocycles. The van der Waals surface area contributed by atoms with Crippen LogP contribution < -0.4 is 5.32 Å². The second-order valence-corrected chi connectivity index (χ2v) is 5.32. The number of nitrogens with zero attached hydrogens (tertiary/aromatic N) is 1. The van der Waals surface area contributed by atoms with Crippen molar-refractivity contribution in [1.29, 1.82) is 0 Å². The zero-order valence-corrected chi connectivity index (χ0v) is 12.7. The summed E-state index contributed by atoms with van der Waals surface area (Å²) in [7, 11) is 3.42. The predicted octanol–water partition coefficient (Wildman–Crippen LogP) is 3.39. The first-order chi connectivity index (χ1) is 8.34. The van der Waals surface area contributed by atoms with Crippen molar-refractivity contribution < 1.29 is 4.79 Å². The summed E-state index contributed by atoms with van der Waals surface area (Å²) in [6.07, 6.45) is 0. The molecule has 1 N–H and O–H groups in total. The molecule has 0 spiro atoms. The van der Waals surface area contributed by atoms with E-state index in [9.17, 15) is 4.79 Å². The monoisotopic (exact) mass is 308 g/mol. The molecule has 6 heteroatoms. The van der Waals surface area contributed by atoms with E-state index in [1.807, 2.05) is 6.92 Å². The summed E-state index contributed by atoms with van der Waals surface area (Å²) in [5.41, 5.74) is 0.817. The number of hydrogen-bond acceptors (Lipinski definition) is 2. The summed E-state index contributed by atoms with van der Waals surface area (Å²) >= 11 is 18.0. The molecule has 18 heavy (non-hydrogen) atoms. The van der Waals surface area contributed by atoms with E-state index in [0.717, 1.165) is 5.56 Å². The maximum absolute atomic E-state index is 11.5. The molecule has 0 radical (unpaired) electrons. The molecule has 0 saturated heterocycles. The van der Waals surface area contributed by atoms with Gasteiger partial charge in [0.25, 0.3) is 0 Å². The van der Waals surface area contributed by atoms with Gasteiger partial charge in [0, 0.05) is 20.1 Å². The van der Waals surface area contributed by atoms with E-state index in [4.69, 9.17) is 34.8 Å². The van der Waals surface area contributed by atoms with Crippen LogP contribution in [0.2, 0.25) is 15.1 Å². The summed E-state index contributed by atoms with van der Waals surface area (Å²) in [6, 6.07) is 3.40. The first-order valence-corrected chi connectivity index (χ1v) is 6.55. The van der Waals surface area contributed by atoms with Crippen molar-refractivity contribution in [3.05, 3.63) is 32.8 Å². The summed E-state index contributed by atoms with van der Waals surface area (Å²) in [5, 5.41) is 4.26. The van der Waals surface area contributed by atoms with Gasteiger partial charge in [0.1, 0.15) is 0 Å². The van der Waals surface area contributed by atoms with E-state index in [0.29, 0.717) is 15.1 Å². The average molecular weight is 310 g/mol. The standard InChI is InChI=1S/C12H15Cl3N2O/c1-7(16-6-10(18)17(2)3)8-4-5-9(13)12(15)11(8)14/h4-5,7,16H,6H2,1-3H3. The van der Waals surface area contributed by atoms with Gasteiger partial charge >= 0.3 is 0 Å². The average Bonchev–Trinajstić information content (AvgIpc) is 2.32. The Morgan fingerprint density at radius 2 is 1.89 bits per heavy atom. The highest BCUT2D eigenvalue weighted by Crippen LogP contribution is 2.35. The molecule has 1 aromatic carbocycles. The van der Waals surface area contributed by atoms with Crippen LogP contribution in [0, 0.1) is 0 Å². The normalized spacial score (nSPS) is 12.3. The van der Waals surface area contributed by atoms with Crippen molar-refractivity contribution in [1.82, 2.24) is 10.2 Å². The maximum Gasteiger partial charge on any atom is 0.236 e. The zero-order chi connectivity index (χ0) is 13.9. The molecule has 0 bridgehead atoms.